The summed E-state index contributed by atoms with van der Waals surface area (Å²) in [4.78, 5) is 19.2. The van der Waals surface area contributed by atoms with Crippen molar-refractivity contribution in [2.24, 2.45) is 0 Å². The molecule has 0 aromatic heterocycles. The van der Waals surface area contributed by atoms with Gasteiger partial charge in [-0.15, -0.1) is 0 Å². The molecule has 29 heavy (non-hydrogen) atoms. The molecule has 0 atom stereocenters. The maximum atomic E-state index is 12.3. The molecule has 3 rings (SSSR count). The Labute approximate surface area is 176 Å². The summed E-state index contributed by atoms with van der Waals surface area (Å²) in [5.41, 5.74) is 10.4. The number of carbonyl (C=O) groups is 1. The minimum Gasteiger partial charge on any atom is -0.444 e. The highest BCUT2D eigenvalue weighted by Crippen LogP contribution is 2.30. The third-order valence-electron chi connectivity index (χ3n) is 6.14. The van der Waals surface area contributed by atoms with Gasteiger partial charge in [-0.2, -0.15) is 0 Å². The molecule has 2 saturated heterocycles. The van der Waals surface area contributed by atoms with Crippen molar-refractivity contribution in [2.75, 3.05) is 49.9 Å². The van der Waals surface area contributed by atoms with Crippen LogP contribution in [0.25, 0.3) is 0 Å². The molecule has 1 amide bonds. The van der Waals surface area contributed by atoms with Crippen LogP contribution >= 0.6 is 0 Å². The Balaban J connectivity index is 1.52. The van der Waals surface area contributed by atoms with Crippen molar-refractivity contribution in [3.8, 4) is 0 Å². The topological polar surface area (TPSA) is 62.0 Å². The zero-order chi connectivity index (χ0) is 21.2. The number of anilines is 2. The molecule has 6 heteroatoms. The molecule has 2 N–H and O–H groups in total. The number of nitrogens with two attached hydrogens (primary N) is 1. The van der Waals surface area contributed by atoms with Crippen LogP contribution in [0.15, 0.2) is 12.1 Å². The van der Waals surface area contributed by atoms with Crippen LogP contribution in [0.2, 0.25) is 0 Å². The van der Waals surface area contributed by atoms with Crippen molar-refractivity contribution < 1.29 is 9.53 Å². The van der Waals surface area contributed by atoms with Gasteiger partial charge in [0.2, 0.25) is 0 Å². The number of piperazine rings is 1. The highest BCUT2D eigenvalue weighted by Gasteiger charge is 2.31. The molecule has 2 aliphatic heterocycles. The van der Waals surface area contributed by atoms with Gasteiger partial charge in [-0.1, -0.05) is 6.92 Å². The Morgan fingerprint density at radius 1 is 1.10 bits per heavy atom. The molecule has 0 radical (unpaired) electrons. The molecule has 0 unspecified atom stereocenters. The fourth-order valence-electron chi connectivity index (χ4n) is 4.40. The average Bonchev–Trinajstić information content (AvgIpc) is 2.68. The number of hydrogen-bond donors (Lipinski definition) is 1. The van der Waals surface area contributed by atoms with E-state index in [0.29, 0.717) is 6.04 Å². The van der Waals surface area contributed by atoms with Gasteiger partial charge >= 0.3 is 6.09 Å². The second-order valence-electron chi connectivity index (χ2n) is 9.41. The van der Waals surface area contributed by atoms with Gasteiger partial charge in [0.05, 0.1) is 0 Å². The molecule has 2 fully saturated rings. The van der Waals surface area contributed by atoms with E-state index in [1.54, 1.807) is 0 Å². The number of rotatable bonds is 3. The van der Waals surface area contributed by atoms with Crippen molar-refractivity contribution in [2.45, 2.75) is 65.5 Å². The van der Waals surface area contributed by atoms with Crippen molar-refractivity contribution in [1.29, 1.82) is 0 Å². The lowest BCUT2D eigenvalue weighted by Crippen LogP contribution is -2.55. The number of hydrogen-bond acceptors (Lipinski definition) is 5. The molecule has 0 aliphatic carbocycles. The fraction of sp³-hybridized carbons (Fsp3) is 0.696. The van der Waals surface area contributed by atoms with Gasteiger partial charge in [-0.25, -0.2) is 4.79 Å². The summed E-state index contributed by atoms with van der Waals surface area (Å²) < 4.78 is 5.51. The molecule has 0 saturated carbocycles. The van der Waals surface area contributed by atoms with Gasteiger partial charge < -0.3 is 20.3 Å². The zero-order valence-corrected chi connectivity index (χ0v) is 18.8. The maximum Gasteiger partial charge on any atom is 0.410 e. The van der Waals surface area contributed by atoms with Crippen molar-refractivity contribution >= 4 is 17.5 Å². The lowest BCUT2D eigenvalue weighted by atomic mass is 9.98. The first-order valence-corrected chi connectivity index (χ1v) is 11.0. The van der Waals surface area contributed by atoms with Crippen LogP contribution in [-0.2, 0) is 11.2 Å². The summed E-state index contributed by atoms with van der Waals surface area (Å²) in [5.74, 6) is 0. The second kappa shape index (κ2) is 8.82. The van der Waals surface area contributed by atoms with Crippen LogP contribution < -0.4 is 10.6 Å². The molecule has 2 heterocycles. The van der Waals surface area contributed by atoms with Crippen molar-refractivity contribution in [3.05, 3.63) is 23.3 Å². The molecule has 1 aromatic rings. The molecule has 162 valence electrons. The smallest absolute Gasteiger partial charge is 0.410 e. The summed E-state index contributed by atoms with van der Waals surface area (Å²) in [5, 5.41) is 0. The predicted octanol–water partition coefficient (Wildman–Crippen LogP) is 3.66. The first-order valence-electron chi connectivity index (χ1n) is 11.0. The number of nitrogens with zero attached hydrogens (tertiary/aromatic N) is 3. The number of nitrogen functional groups attached to an aromatic ring is 1. The van der Waals surface area contributed by atoms with E-state index < -0.39 is 5.60 Å². The monoisotopic (exact) mass is 402 g/mol. The third-order valence-corrected chi connectivity index (χ3v) is 6.14. The molecular weight excluding hydrogens is 364 g/mol. The first kappa shape index (κ1) is 21.8. The quantitative estimate of drug-likeness (QED) is 0.782. The van der Waals surface area contributed by atoms with Gasteiger partial charge in [-0.3, -0.25) is 4.90 Å². The van der Waals surface area contributed by atoms with E-state index in [1.165, 1.54) is 24.1 Å². The number of piperidine rings is 1. The minimum atomic E-state index is -0.432. The van der Waals surface area contributed by atoms with Gasteiger partial charge in [0.15, 0.2) is 0 Å². The van der Waals surface area contributed by atoms with Crippen molar-refractivity contribution in [3.63, 3.8) is 0 Å². The molecule has 6 nitrogen and oxygen atoms in total. The number of carbonyl (C=O) groups excluding carboxylic acids is 1. The Hall–Kier alpha value is -1.95. The molecule has 2 aliphatic rings. The molecule has 0 bridgehead atoms. The summed E-state index contributed by atoms with van der Waals surface area (Å²) >= 11 is 0. The molecule has 1 aromatic carbocycles. The van der Waals surface area contributed by atoms with Crippen LogP contribution in [0.3, 0.4) is 0 Å². The minimum absolute atomic E-state index is 0.183. The highest BCUT2D eigenvalue weighted by molar-refractivity contribution is 5.68. The Morgan fingerprint density at radius 2 is 1.72 bits per heavy atom. The summed E-state index contributed by atoms with van der Waals surface area (Å²) in [7, 11) is 0. The zero-order valence-electron chi connectivity index (χ0n) is 18.8. The maximum absolute atomic E-state index is 12.3. The van der Waals surface area contributed by atoms with Crippen LogP contribution in [0.4, 0.5) is 16.2 Å². The standard InChI is InChI=1S/C23H38N4O2/c1-6-18-16-20(24)17(2)15-21(18)26-9-7-19(8-10-26)25-11-13-27(14-12-25)22(28)29-23(3,4)5/h15-16,19H,6-14,24H2,1-5H3. The van der Waals surface area contributed by atoms with Crippen LogP contribution in [-0.4, -0.2) is 66.8 Å². The van der Waals surface area contributed by atoms with E-state index in [9.17, 15) is 4.79 Å². The van der Waals surface area contributed by atoms with E-state index in [1.807, 2.05) is 25.7 Å². The Kier molecular flexibility index (Phi) is 6.62. The Bertz CT molecular complexity index is 712. The summed E-state index contributed by atoms with van der Waals surface area (Å²) in [6.07, 6.45) is 3.16. The van der Waals surface area contributed by atoms with E-state index in [2.05, 4.69) is 35.8 Å². The van der Waals surface area contributed by atoms with Gasteiger partial charge in [-0.05, 0) is 70.2 Å². The predicted molar refractivity (Wildman–Crippen MR) is 120 cm³/mol. The third kappa shape index (κ3) is 5.35. The molecular formula is C23H38N4O2. The van der Waals surface area contributed by atoms with E-state index >= 15 is 0 Å². The second-order valence-corrected chi connectivity index (χ2v) is 9.41. The SMILES string of the molecule is CCc1cc(N)c(C)cc1N1CCC(N2CCN(C(=O)OC(C)(C)C)CC2)CC1. The van der Waals surface area contributed by atoms with Gasteiger partial charge in [0.25, 0.3) is 0 Å². The highest BCUT2D eigenvalue weighted by atomic mass is 16.6. The first-order chi connectivity index (χ1) is 13.7. The van der Waals surface area contributed by atoms with Crippen LogP contribution in [0, 0.1) is 6.92 Å². The lowest BCUT2D eigenvalue weighted by molar-refractivity contribution is 0.00902. The molecule has 0 spiro atoms. The fourth-order valence-corrected chi connectivity index (χ4v) is 4.40. The number of amides is 1. The number of ether oxygens (including phenoxy) is 1. The van der Waals surface area contributed by atoms with Crippen molar-refractivity contribution in [1.82, 2.24) is 9.80 Å². The largest absolute Gasteiger partial charge is 0.444 e. The van der Waals surface area contributed by atoms with E-state index in [-0.39, 0.29) is 6.09 Å². The van der Waals surface area contributed by atoms with E-state index in [0.717, 1.165) is 56.9 Å². The number of benzene rings is 1. The van der Waals surface area contributed by atoms with E-state index in [4.69, 9.17) is 10.5 Å². The van der Waals surface area contributed by atoms with Crippen LogP contribution in [0.5, 0.6) is 0 Å². The Morgan fingerprint density at radius 3 is 2.28 bits per heavy atom. The lowest BCUT2D eigenvalue weighted by Gasteiger charge is -2.43. The van der Waals surface area contributed by atoms with Gasteiger partial charge in [0.1, 0.15) is 5.60 Å². The normalized spacial score (nSPS) is 19.5. The van der Waals surface area contributed by atoms with Crippen LogP contribution in [0.1, 0.15) is 51.7 Å². The summed E-state index contributed by atoms with van der Waals surface area (Å²) in [6, 6.07) is 5.01. The van der Waals surface area contributed by atoms with Gasteiger partial charge in [0, 0.05) is 56.7 Å². The number of aryl methyl sites for hydroxylation is 2. The summed E-state index contributed by atoms with van der Waals surface area (Å²) in [6.45, 7) is 15.6. The average molecular weight is 403 g/mol.